The summed E-state index contributed by atoms with van der Waals surface area (Å²) >= 11 is 0. The van der Waals surface area contributed by atoms with Gasteiger partial charge in [-0.25, -0.2) is 8.42 Å². The van der Waals surface area contributed by atoms with E-state index in [9.17, 15) is 8.42 Å². The lowest BCUT2D eigenvalue weighted by Gasteiger charge is -2.29. The van der Waals surface area contributed by atoms with E-state index in [1.807, 2.05) is 6.07 Å². The number of anilines is 1. The van der Waals surface area contributed by atoms with Gasteiger partial charge in [0.15, 0.2) is 9.84 Å². The summed E-state index contributed by atoms with van der Waals surface area (Å²) in [5, 5.41) is 3.28. The van der Waals surface area contributed by atoms with Crippen LogP contribution >= 0.6 is 0 Å². The summed E-state index contributed by atoms with van der Waals surface area (Å²) in [6.45, 7) is 8.41. The van der Waals surface area contributed by atoms with E-state index in [0.29, 0.717) is 10.6 Å². The third kappa shape index (κ3) is 3.73. The van der Waals surface area contributed by atoms with E-state index in [2.05, 4.69) is 33.0 Å². The Morgan fingerprint density at radius 1 is 1.18 bits per heavy atom. The molecule has 0 aliphatic rings. The fraction of sp³-hybridized carbons (Fsp3) is 0.538. The summed E-state index contributed by atoms with van der Waals surface area (Å²) in [5.41, 5.74) is 0.752. The van der Waals surface area contributed by atoms with Gasteiger partial charge in [-0.15, -0.1) is 0 Å². The number of benzene rings is 1. The van der Waals surface area contributed by atoms with Crippen LogP contribution in [0.15, 0.2) is 29.2 Å². The van der Waals surface area contributed by atoms with Gasteiger partial charge in [0, 0.05) is 12.3 Å². The normalized spacial score (nSPS) is 14.4. The van der Waals surface area contributed by atoms with E-state index in [1.54, 1.807) is 18.2 Å². The average Bonchev–Trinajstić information content (AvgIpc) is 2.15. The van der Waals surface area contributed by atoms with Crippen molar-refractivity contribution in [3.05, 3.63) is 24.3 Å². The Morgan fingerprint density at radius 3 is 2.18 bits per heavy atom. The second-order valence-electron chi connectivity index (χ2n) is 5.50. The van der Waals surface area contributed by atoms with Gasteiger partial charge in [-0.2, -0.15) is 0 Å². The van der Waals surface area contributed by atoms with Crippen LogP contribution in [0.25, 0.3) is 0 Å². The molecule has 0 saturated heterocycles. The summed E-state index contributed by atoms with van der Waals surface area (Å²) in [5.74, 6) is 0. The molecular formula is C13H21NO2S. The zero-order valence-corrected chi connectivity index (χ0v) is 11.9. The Balaban J connectivity index is 3.09. The van der Waals surface area contributed by atoms with Gasteiger partial charge in [0.25, 0.3) is 0 Å². The van der Waals surface area contributed by atoms with Crippen LogP contribution in [0.2, 0.25) is 0 Å². The molecule has 0 saturated carbocycles. The van der Waals surface area contributed by atoms with Gasteiger partial charge >= 0.3 is 0 Å². The van der Waals surface area contributed by atoms with Crippen molar-refractivity contribution in [2.75, 3.05) is 11.6 Å². The largest absolute Gasteiger partial charge is 0.381 e. The Hall–Kier alpha value is -1.03. The second kappa shape index (κ2) is 4.69. The quantitative estimate of drug-likeness (QED) is 0.903. The molecule has 1 rings (SSSR count). The summed E-state index contributed by atoms with van der Waals surface area (Å²) < 4.78 is 23.3. The highest BCUT2D eigenvalue weighted by Crippen LogP contribution is 2.26. The monoisotopic (exact) mass is 255 g/mol. The van der Waals surface area contributed by atoms with E-state index in [1.165, 1.54) is 6.26 Å². The van der Waals surface area contributed by atoms with E-state index >= 15 is 0 Å². The van der Waals surface area contributed by atoms with Crippen LogP contribution in [0.5, 0.6) is 0 Å². The molecule has 96 valence electrons. The van der Waals surface area contributed by atoms with E-state index in [-0.39, 0.29) is 11.5 Å². The van der Waals surface area contributed by atoms with Gasteiger partial charge in [-0.3, -0.25) is 0 Å². The summed E-state index contributed by atoms with van der Waals surface area (Å²) in [6.07, 6.45) is 1.23. The topological polar surface area (TPSA) is 46.2 Å². The number of hydrogen-bond acceptors (Lipinski definition) is 3. The Labute approximate surface area is 104 Å². The number of sulfone groups is 1. The number of nitrogens with one attached hydrogen (secondary N) is 1. The van der Waals surface area contributed by atoms with Crippen LogP contribution < -0.4 is 5.32 Å². The van der Waals surface area contributed by atoms with Gasteiger partial charge in [0.1, 0.15) is 0 Å². The van der Waals surface area contributed by atoms with Crippen molar-refractivity contribution in [3.63, 3.8) is 0 Å². The highest BCUT2D eigenvalue weighted by molar-refractivity contribution is 7.90. The first kappa shape index (κ1) is 14.0. The minimum Gasteiger partial charge on any atom is -0.381 e. The summed E-state index contributed by atoms with van der Waals surface area (Å²) in [7, 11) is -3.19. The maximum absolute atomic E-state index is 11.6. The summed E-state index contributed by atoms with van der Waals surface area (Å²) in [4.78, 5) is 0.357. The van der Waals surface area contributed by atoms with Crippen LogP contribution in [-0.2, 0) is 9.84 Å². The molecule has 1 aromatic rings. The van der Waals surface area contributed by atoms with Gasteiger partial charge in [0.2, 0.25) is 0 Å². The van der Waals surface area contributed by atoms with Crippen LogP contribution in [0.4, 0.5) is 5.69 Å². The molecule has 0 fully saturated rings. The molecule has 1 N–H and O–H groups in total. The molecule has 0 aromatic heterocycles. The molecule has 4 heteroatoms. The first-order valence-electron chi connectivity index (χ1n) is 5.68. The molecule has 0 spiro atoms. The molecule has 1 unspecified atom stereocenters. The van der Waals surface area contributed by atoms with Crippen molar-refractivity contribution in [1.82, 2.24) is 0 Å². The first-order chi connectivity index (χ1) is 7.62. The number of rotatable bonds is 3. The van der Waals surface area contributed by atoms with Crippen molar-refractivity contribution < 1.29 is 8.42 Å². The fourth-order valence-corrected chi connectivity index (χ4v) is 2.21. The zero-order chi connectivity index (χ0) is 13.3. The minimum atomic E-state index is -3.19. The lowest BCUT2D eigenvalue weighted by molar-refractivity contribution is 0.359. The van der Waals surface area contributed by atoms with Crippen LogP contribution in [0, 0.1) is 5.41 Å². The maximum atomic E-state index is 11.6. The molecule has 17 heavy (non-hydrogen) atoms. The van der Waals surface area contributed by atoms with E-state index in [4.69, 9.17) is 0 Å². The Morgan fingerprint density at radius 2 is 1.71 bits per heavy atom. The molecule has 0 aliphatic heterocycles. The smallest absolute Gasteiger partial charge is 0.177 e. The Bertz CT molecular complexity index is 486. The molecule has 1 aromatic carbocycles. The number of para-hydroxylation sites is 1. The lowest BCUT2D eigenvalue weighted by Crippen LogP contribution is -2.31. The van der Waals surface area contributed by atoms with Crippen molar-refractivity contribution in [2.24, 2.45) is 5.41 Å². The highest BCUT2D eigenvalue weighted by Gasteiger charge is 2.22. The third-order valence-corrected chi connectivity index (χ3v) is 4.11. The number of hydrogen-bond donors (Lipinski definition) is 1. The molecule has 0 bridgehead atoms. The van der Waals surface area contributed by atoms with Crippen molar-refractivity contribution in [1.29, 1.82) is 0 Å². The summed E-state index contributed by atoms with van der Waals surface area (Å²) in [6, 6.07) is 7.20. The fourth-order valence-electron chi connectivity index (χ4n) is 1.36. The molecule has 3 nitrogen and oxygen atoms in total. The molecule has 0 radical (unpaired) electrons. The van der Waals surface area contributed by atoms with Gasteiger partial charge < -0.3 is 5.32 Å². The second-order valence-corrected chi connectivity index (χ2v) is 7.48. The third-order valence-electron chi connectivity index (χ3n) is 2.96. The van der Waals surface area contributed by atoms with Crippen LogP contribution in [0.3, 0.4) is 0 Å². The van der Waals surface area contributed by atoms with Crippen molar-refractivity contribution in [3.8, 4) is 0 Å². The average molecular weight is 255 g/mol. The van der Waals surface area contributed by atoms with Gasteiger partial charge in [-0.1, -0.05) is 32.9 Å². The lowest BCUT2D eigenvalue weighted by atomic mass is 9.88. The molecule has 0 heterocycles. The highest BCUT2D eigenvalue weighted by atomic mass is 32.2. The van der Waals surface area contributed by atoms with Crippen LogP contribution in [0.1, 0.15) is 27.7 Å². The molecule has 1 atom stereocenters. The van der Waals surface area contributed by atoms with E-state index in [0.717, 1.165) is 0 Å². The predicted octanol–water partition coefficient (Wildman–Crippen LogP) is 2.94. The standard InChI is InChI=1S/C13H21NO2S/c1-10(13(2,3)4)14-11-8-6-7-9-12(11)17(5,15)16/h6-10,14H,1-5H3. The molecule has 0 aliphatic carbocycles. The van der Waals surface area contributed by atoms with Gasteiger partial charge in [-0.05, 0) is 24.5 Å². The zero-order valence-electron chi connectivity index (χ0n) is 11.1. The van der Waals surface area contributed by atoms with Crippen molar-refractivity contribution >= 4 is 15.5 Å². The van der Waals surface area contributed by atoms with E-state index < -0.39 is 9.84 Å². The van der Waals surface area contributed by atoms with Crippen LogP contribution in [-0.4, -0.2) is 20.7 Å². The predicted molar refractivity (Wildman–Crippen MR) is 72.1 cm³/mol. The Kier molecular flexibility index (Phi) is 3.87. The molecular weight excluding hydrogens is 234 g/mol. The first-order valence-corrected chi connectivity index (χ1v) is 7.57. The maximum Gasteiger partial charge on any atom is 0.177 e. The molecule has 0 amide bonds. The van der Waals surface area contributed by atoms with Gasteiger partial charge in [0.05, 0.1) is 10.6 Å². The van der Waals surface area contributed by atoms with Crippen molar-refractivity contribution in [2.45, 2.75) is 38.6 Å². The SMILES string of the molecule is CC(Nc1ccccc1S(C)(=O)=O)C(C)(C)C. The minimum absolute atomic E-state index is 0.0740.